The first-order valence-electron chi connectivity index (χ1n) is 7.61. The summed E-state index contributed by atoms with van der Waals surface area (Å²) in [6, 6.07) is 10.2. The van der Waals surface area contributed by atoms with Gasteiger partial charge < -0.3 is 5.32 Å². The summed E-state index contributed by atoms with van der Waals surface area (Å²) in [7, 11) is 0. The molecule has 0 amide bonds. The molecule has 0 aliphatic carbocycles. The van der Waals surface area contributed by atoms with Crippen molar-refractivity contribution in [2.75, 3.05) is 5.32 Å². The van der Waals surface area contributed by atoms with Crippen LogP contribution in [0.4, 0.5) is 19.1 Å². The molecule has 0 aliphatic heterocycles. The fraction of sp³-hybridized carbons (Fsp3) is 0.167. The van der Waals surface area contributed by atoms with Crippen LogP contribution in [-0.4, -0.2) is 15.0 Å². The molecule has 0 saturated heterocycles. The molecule has 2 aromatic heterocycles. The number of hydrogen-bond donors (Lipinski definition) is 1. The lowest BCUT2D eigenvalue weighted by Gasteiger charge is -2.19. The van der Waals surface area contributed by atoms with E-state index in [1.165, 1.54) is 12.1 Å². The van der Waals surface area contributed by atoms with E-state index in [1.54, 1.807) is 43.7 Å². The normalized spacial score (nSPS) is 12.6. The van der Waals surface area contributed by atoms with Crippen molar-refractivity contribution in [1.29, 1.82) is 0 Å². The first kappa shape index (κ1) is 16.9. The average molecular weight is 344 g/mol. The number of alkyl halides is 3. The maximum atomic E-state index is 13.2. The summed E-state index contributed by atoms with van der Waals surface area (Å²) in [5, 5.41) is 2.94. The van der Waals surface area contributed by atoms with Gasteiger partial charge in [0.25, 0.3) is 0 Å². The van der Waals surface area contributed by atoms with E-state index >= 15 is 0 Å². The second-order valence-electron chi connectivity index (χ2n) is 5.46. The van der Waals surface area contributed by atoms with Crippen molar-refractivity contribution in [3.63, 3.8) is 0 Å². The van der Waals surface area contributed by atoms with Gasteiger partial charge in [0.2, 0.25) is 5.95 Å². The van der Waals surface area contributed by atoms with Crippen molar-refractivity contribution in [3.05, 3.63) is 72.2 Å². The number of halogens is 3. The Morgan fingerprint density at radius 2 is 1.80 bits per heavy atom. The van der Waals surface area contributed by atoms with Crippen LogP contribution in [-0.2, 0) is 6.18 Å². The van der Waals surface area contributed by atoms with Gasteiger partial charge in [-0.3, -0.25) is 4.98 Å². The second kappa shape index (κ2) is 6.88. The van der Waals surface area contributed by atoms with Crippen molar-refractivity contribution >= 4 is 5.95 Å². The van der Waals surface area contributed by atoms with E-state index in [-0.39, 0.29) is 11.5 Å². The van der Waals surface area contributed by atoms with Gasteiger partial charge in [-0.25, -0.2) is 9.97 Å². The van der Waals surface area contributed by atoms with Gasteiger partial charge in [0.1, 0.15) is 0 Å². The van der Waals surface area contributed by atoms with E-state index in [2.05, 4.69) is 20.3 Å². The number of hydrogen-bond acceptors (Lipinski definition) is 4. The largest absolute Gasteiger partial charge is 0.416 e. The molecule has 4 nitrogen and oxygen atoms in total. The number of benzene rings is 1. The van der Waals surface area contributed by atoms with Gasteiger partial charge in [-0.2, -0.15) is 13.2 Å². The summed E-state index contributed by atoms with van der Waals surface area (Å²) >= 11 is 0. The van der Waals surface area contributed by atoms with Gasteiger partial charge in [-0.1, -0.05) is 18.2 Å². The molecule has 25 heavy (non-hydrogen) atoms. The van der Waals surface area contributed by atoms with Crippen LogP contribution in [0.3, 0.4) is 0 Å². The highest BCUT2D eigenvalue weighted by Crippen LogP contribution is 2.35. The van der Waals surface area contributed by atoms with Crippen LogP contribution in [0.2, 0.25) is 0 Å². The fourth-order valence-corrected chi connectivity index (χ4v) is 2.51. The van der Waals surface area contributed by atoms with Crippen LogP contribution in [0.25, 0.3) is 11.3 Å². The zero-order valence-corrected chi connectivity index (χ0v) is 13.3. The fourth-order valence-electron chi connectivity index (χ4n) is 2.51. The third-order valence-corrected chi connectivity index (χ3v) is 3.69. The summed E-state index contributed by atoms with van der Waals surface area (Å²) in [5.74, 6) is 0.255. The molecule has 7 heteroatoms. The number of nitrogens with zero attached hydrogens (tertiary/aromatic N) is 3. The lowest BCUT2D eigenvalue weighted by atomic mass is 10.0. The highest BCUT2D eigenvalue weighted by atomic mass is 19.4. The van der Waals surface area contributed by atoms with Gasteiger partial charge in [0.05, 0.1) is 17.3 Å². The Balaban J connectivity index is 1.86. The minimum Gasteiger partial charge on any atom is -0.348 e. The molecule has 0 unspecified atom stereocenters. The molecular formula is C18H15F3N4. The van der Waals surface area contributed by atoms with Crippen LogP contribution in [0.5, 0.6) is 0 Å². The lowest BCUT2D eigenvalue weighted by molar-refractivity contribution is -0.138. The van der Waals surface area contributed by atoms with Gasteiger partial charge >= 0.3 is 6.18 Å². The molecule has 2 heterocycles. The van der Waals surface area contributed by atoms with E-state index in [0.29, 0.717) is 5.69 Å². The number of aromatic nitrogens is 3. The van der Waals surface area contributed by atoms with Crippen molar-refractivity contribution in [2.24, 2.45) is 0 Å². The molecule has 0 spiro atoms. The highest BCUT2D eigenvalue weighted by Gasteiger charge is 2.34. The lowest BCUT2D eigenvalue weighted by Crippen LogP contribution is -2.16. The van der Waals surface area contributed by atoms with Crippen LogP contribution >= 0.6 is 0 Å². The third kappa shape index (κ3) is 3.93. The summed E-state index contributed by atoms with van der Waals surface area (Å²) in [6.07, 6.45) is 0.458. The minimum absolute atomic E-state index is 0.144. The van der Waals surface area contributed by atoms with Crippen molar-refractivity contribution < 1.29 is 13.2 Å². The molecule has 0 fully saturated rings. The average Bonchev–Trinajstić information content (AvgIpc) is 2.62. The number of anilines is 1. The molecule has 3 aromatic rings. The maximum Gasteiger partial charge on any atom is 0.416 e. The zero-order chi connectivity index (χ0) is 17.9. The summed E-state index contributed by atoms with van der Waals surface area (Å²) < 4.78 is 39.5. The maximum absolute atomic E-state index is 13.2. The number of pyridine rings is 1. The monoisotopic (exact) mass is 344 g/mol. The molecule has 0 bridgehead atoms. The van der Waals surface area contributed by atoms with Gasteiger partial charge in [0.15, 0.2) is 0 Å². The Labute approximate surface area is 142 Å². The van der Waals surface area contributed by atoms with Crippen LogP contribution < -0.4 is 5.32 Å². The molecule has 0 aliphatic rings. The van der Waals surface area contributed by atoms with Crippen LogP contribution in [0.1, 0.15) is 24.1 Å². The van der Waals surface area contributed by atoms with E-state index in [0.717, 1.165) is 11.6 Å². The number of nitrogens with one attached hydrogen (secondary N) is 1. The number of rotatable bonds is 4. The van der Waals surface area contributed by atoms with E-state index < -0.39 is 17.8 Å². The van der Waals surface area contributed by atoms with Crippen molar-refractivity contribution in [1.82, 2.24) is 15.0 Å². The zero-order valence-electron chi connectivity index (χ0n) is 13.3. The summed E-state index contributed by atoms with van der Waals surface area (Å²) in [5.41, 5.74) is 0.919. The molecule has 1 atom stereocenters. The van der Waals surface area contributed by atoms with E-state index in [1.807, 2.05) is 6.07 Å². The van der Waals surface area contributed by atoms with Gasteiger partial charge in [-0.05, 0) is 36.8 Å². The van der Waals surface area contributed by atoms with E-state index in [4.69, 9.17) is 0 Å². The second-order valence-corrected chi connectivity index (χ2v) is 5.46. The molecule has 3 rings (SSSR count). The molecule has 1 N–H and O–H groups in total. The molecular weight excluding hydrogens is 329 g/mol. The van der Waals surface area contributed by atoms with Crippen LogP contribution in [0, 0.1) is 0 Å². The van der Waals surface area contributed by atoms with Crippen molar-refractivity contribution in [2.45, 2.75) is 19.1 Å². The Morgan fingerprint density at radius 3 is 2.52 bits per heavy atom. The Kier molecular flexibility index (Phi) is 4.65. The topological polar surface area (TPSA) is 50.7 Å². The SMILES string of the molecule is C[C@H](Nc1nccc(-c2cccnc2)n1)c1ccccc1C(F)(F)F. The standard InChI is InChI=1S/C18H15F3N4/c1-12(14-6-2-3-7-15(14)18(19,20)21)24-17-23-10-8-16(25-17)13-5-4-9-22-11-13/h2-12H,1H3,(H,23,24,25)/t12-/m0/s1. The molecule has 0 saturated carbocycles. The molecule has 128 valence electrons. The summed E-state index contributed by atoms with van der Waals surface area (Å²) in [6.45, 7) is 1.64. The predicted molar refractivity (Wildman–Crippen MR) is 88.7 cm³/mol. The van der Waals surface area contributed by atoms with Crippen molar-refractivity contribution in [3.8, 4) is 11.3 Å². The quantitative estimate of drug-likeness (QED) is 0.743. The third-order valence-electron chi connectivity index (χ3n) is 3.69. The van der Waals surface area contributed by atoms with Gasteiger partial charge in [0, 0.05) is 24.2 Å². The predicted octanol–water partition coefficient (Wildman–Crippen LogP) is 4.73. The highest BCUT2D eigenvalue weighted by molar-refractivity contribution is 5.58. The van der Waals surface area contributed by atoms with E-state index in [9.17, 15) is 13.2 Å². The summed E-state index contributed by atoms with van der Waals surface area (Å²) in [4.78, 5) is 12.5. The smallest absolute Gasteiger partial charge is 0.348 e. The van der Waals surface area contributed by atoms with Crippen LogP contribution in [0.15, 0.2) is 61.1 Å². The Morgan fingerprint density at radius 1 is 1.00 bits per heavy atom. The Bertz CT molecular complexity index is 850. The first-order valence-corrected chi connectivity index (χ1v) is 7.61. The first-order chi connectivity index (χ1) is 11.9. The molecule has 1 aromatic carbocycles. The minimum atomic E-state index is -4.41. The Hall–Kier alpha value is -2.96. The molecule has 0 radical (unpaired) electrons. The van der Waals surface area contributed by atoms with Gasteiger partial charge in [-0.15, -0.1) is 0 Å².